The number of nitrogens with zero attached hydrogens (tertiary/aromatic N) is 2. The molecule has 3 rings (SSSR count). The highest BCUT2D eigenvalue weighted by molar-refractivity contribution is 7.08. The molecule has 7 heteroatoms. The fourth-order valence-electron chi connectivity index (χ4n) is 4.21. The second-order valence-electron chi connectivity index (χ2n) is 8.05. The molecule has 0 aliphatic carbocycles. The summed E-state index contributed by atoms with van der Waals surface area (Å²) >= 11 is 1.67. The monoisotopic (exact) mass is 442 g/mol. The topological polar surface area (TPSA) is 64.7 Å². The average Bonchev–Trinajstić information content (AvgIpc) is 3.31. The maximum Gasteiger partial charge on any atom is 0.319 e. The third kappa shape index (κ3) is 6.08. The van der Waals surface area contributed by atoms with Gasteiger partial charge in [-0.05, 0) is 85.9 Å². The number of urea groups is 1. The number of benzene rings is 1. The number of hydrogen-bond acceptors (Lipinski definition) is 4. The second kappa shape index (κ2) is 11.3. The van der Waals surface area contributed by atoms with Gasteiger partial charge in [-0.2, -0.15) is 11.3 Å². The van der Waals surface area contributed by atoms with Crippen molar-refractivity contribution in [2.45, 2.75) is 52.1 Å². The number of anilines is 1. The first kappa shape index (κ1) is 23.3. The summed E-state index contributed by atoms with van der Waals surface area (Å²) in [6, 6.07) is 9.49. The van der Waals surface area contributed by atoms with Crippen molar-refractivity contribution in [3.05, 3.63) is 52.2 Å². The van der Waals surface area contributed by atoms with Gasteiger partial charge in [0.2, 0.25) is 0 Å². The normalized spacial score (nSPS) is 17.4. The van der Waals surface area contributed by atoms with Crippen LogP contribution >= 0.6 is 11.3 Å². The number of likely N-dealkylation sites (tertiary alicyclic amines) is 1. The predicted octanol–water partition coefficient (Wildman–Crippen LogP) is 4.97. The average molecular weight is 443 g/mol. The summed E-state index contributed by atoms with van der Waals surface area (Å²) in [5, 5.41) is 10.1. The van der Waals surface area contributed by atoms with Gasteiger partial charge in [0.25, 0.3) is 5.91 Å². The minimum Gasteiger partial charge on any atom is -0.336 e. The van der Waals surface area contributed by atoms with E-state index in [4.69, 9.17) is 0 Å². The molecule has 0 saturated carbocycles. The maximum absolute atomic E-state index is 12.8. The molecule has 0 bridgehead atoms. The van der Waals surface area contributed by atoms with Gasteiger partial charge in [-0.15, -0.1) is 0 Å². The molecule has 3 amide bonds. The molecule has 1 aliphatic rings. The highest BCUT2D eigenvalue weighted by Crippen LogP contribution is 2.23. The Balaban J connectivity index is 1.56. The van der Waals surface area contributed by atoms with Crippen LogP contribution in [0.5, 0.6) is 0 Å². The number of amides is 3. The first-order valence-corrected chi connectivity index (χ1v) is 12.2. The van der Waals surface area contributed by atoms with E-state index in [0.717, 1.165) is 32.5 Å². The molecule has 6 nitrogen and oxygen atoms in total. The minimum absolute atomic E-state index is 0.0704. The molecule has 2 atom stereocenters. The third-order valence-electron chi connectivity index (χ3n) is 6.09. The standard InChI is InChI=1S/C24H34N4O2S/c1-4-27(5-2)22(20-13-15-31-17-20)16-25-24(30)26-21-11-9-19(10-12-21)23(29)28-14-7-6-8-18(28)3/h9-13,15,17-18,22H,4-8,14,16H2,1-3H3,(H2,25,26,30)/t18-,22-/m1/s1. The molecule has 1 fully saturated rings. The van der Waals surface area contributed by atoms with Crippen LogP contribution in [-0.2, 0) is 0 Å². The van der Waals surface area contributed by atoms with Crippen molar-refractivity contribution >= 4 is 29.0 Å². The summed E-state index contributed by atoms with van der Waals surface area (Å²) in [5.41, 5.74) is 2.57. The number of piperidine rings is 1. The number of carbonyl (C=O) groups excluding carboxylic acids is 2. The minimum atomic E-state index is -0.240. The lowest BCUT2D eigenvalue weighted by molar-refractivity contribution is 0.0635. The molecule has 1 aromatic carbocycles. The van der Waals surface area contributed by atoms with E-state index in [-0.39, 0.29) is 24.0 Å². The molecule has 1 saturated heterocycles. The number of rotatable bonds is 8. The summed E-state index contributed by atoms with van der Waals surface area (Å²) in [5.74, 6) is 0.0704. The molecule has 168 valence electrons. The lowest BCUT2D eigenvalue weighted by atomic mass is 10.0. The summed E-state index contributed by atoms with van der Waals surface area (Å²) < 4.78 is 0. The molecule has 0 spiro atoms. The zero-order valence-corrected chi connectivity index (χ0v) is 19.6. The van der Waals surface area contributed by atoms with Crippen molar-refractivity contribution in [3.63, 3.8) is 0 Å². The van der Waals surface area contributed by atoms with Crippen molar-refractivity contribution in [2.24, 2.45) is 0 Å². The Bertz CT molecular complexity index is 834. The van der Waals surface area contributed by atoms with Crippen LogP contribution in [0, 0.1) is 0 Å². The number of thiophene rings is 1. The van der Waals surface area contributed by atoms with Crippen molar-refractivity contribution in [1.82, 2.24) is 15.1 Å². The van der Waals surface area contributed by atoms with Gasteiger partial charge in [0.1, 0.15) is 0 Å². The highest BCUT2D eigenvalue weighted by Gasteiger charge is 2.24. The number of carbonyl (C=O) groups is 2. The van der Waals surface area contributed by atoms with Gasteiger partial charge in [-0.25, -0.2) is 4.79 Å². The van der Waals surface area contributed by atoms with Gasteiger partial charge < -0.3 is 15.5 Å². The predicted molar refractivity (Wildman–Crippen MR) is 128 cm³/mol. The fourth-order valence-corrected chi connectivity index (χ4v) is 4.92. The molecule has 2 aromatic rings. The number of likely N-dealkylation sites (N-methyl/N-ethyl adjacent to an activating group) is 1. The van der Waals surface area contributed by atoms with Crippen LogP contribution in [0.3, 0.4) is 0 Å². The van der Waals surface area contributed by atoms with Crippen molar-refractivity contribution in [1.29, 1.82) is 0 Å². The van der Waals surface area contributed by atoms with Gasteiger partial charge in [-0.3, -0.25) is 9.69 Å². The molecule has 1 aromatic heterocycles. The van der Waals surface area contributed by atoms with Gasteiger partial charge in [0, 0.05) is 30.4 Å². The largest absolute Gasteiger partial charge is 0.336 e. The Morgan fingerprint density at radius 2 is 1.90 bits per heavy atom. The van der Waals surface area contributed by atoms with Gasteiger partial charge in [0.15, 0.2) is 0 Å². The Morgan fingerprint density at radius 3 is 2.52 bits per heavy atom. The van der Waals surface area contributed by atoms with E-state index in [9.17, 15) is 9.59 Å². The Kier molecular flexibility index (Phi) is 8.49. The molecule has 2 N–H and O–H groups in total. The summed E-state index contributed by atoms with van der Waals surface area (Å²) in [6.45, 7) is 9.58. The first-order valence-electron chi connectivity index (χ1n) is 11.3. The van der Waals surface area contributed by atoms with Crippen LogP contribution in [0.15, 0.2) is 41.1 Å². The smallest absolute Gasteiger partial charge is 0.319 e. The van der Waals surface area contributed by atoms with Gasteiger partial charge >= 0.3 is 6.03 Å². The maximum atomic E-state index is 12.8. The van der Waals surface area contributed by atoms with E-state index in [1.54, 1.807) is 35.6 Å². The number of nitrogens with one attached hydrogen (secondary N) is 2. The van der Waals surface area contributed by atoms with E-state index in [1.807, 2.05) is 4.90 Å². The van der Waals surface area contributed by atoms with Crippen LogP contribution in [0.4, 0.5) is 10.5 Å². The van der Waals surface area contributed by atoms with E-state index < -0.39 is 0 Å². The molecular weight excluding hydrogens is 408 g/mol. The SMILES string of the molecule is CCN(CC)[C@H](CNC(=O)Nc1ccc(C(=O)N2CCCC[C@H]2C)cc1)c1ccsc1. The van der Waals surface area contributed by atoms with Gasteiger partial charge in [-0.1, -0.05) is 13.8 Å². The van der Waals surface area contributed by atoms with Crippen LogP contribution in [0.1, 0.15) is 62.0 Å². The van der Waals surface area contributed by atoms with Crippen LogP contribution in [0.25, 0.3) is 0 Å². The first-order chi connectivity index (χ1) is 15.0. The zero-order valence-electron chi connectivity index (χ0n) is 18.8. The molecule has 0 radical (unpaired) electrons. The Labute approximate surface area is 189 Å². The molecular formula is C24H34N4O2S. The summed E-state index contributed by atoms with van der Waals surface area (Å²) in [7, 11) is 0. The molecule has 1 aliphatic heterocycles. The van der Waals surface area contributed by atoms with Crippen molar-refractivity contribution < 1.29 is 9.59 Å². The zero-order chi connectivity index (χ0) is 22.2. The Morgan fingerprint density at radius 1 is 1.16 bits per heavy atom. The Hall–Kier alpha value is -2.38. The van der Waals surface area contributed by atoms with E-state index in [2.05, 4.69) is 53.1 Å². The summed E-state index contributed by atoms with van der Waals surface area (Å²) in [6.07, 6.45) is 3.31. The van der Waals surface area contributed by atoms with Crippen LogP contribution in [-0.4, -0.2) is 54.0 Å². The molecule has 0 unspecified atom stereocenters. The third-order valence-corrected chi connectivity index (χ3v) is 6.79. The summed E-state index contributed by atoms with van der Waals surface area (Å²) in [4.78, 5) is 29.6. The lowest BCUT2D eigenvalue weighted by Crippen LogP contribution is -2.42. The molecule has 2 heterocycles. The fraction of sp³-hybridized carbons (Fsp3) is 0.500. The van der Waals surface area contributed by atoms with E-state index in [0.29, 0.717) is 17.8 Å². The van der Waals surface area contributed by atoms with E-state index >= 15 is 0 Å². The van der Waals surface area contributed by atoms with Crippen molar-refractivity contribution in [3.8, 4) is 0 Å². The number of hydrogen-bond donors (Lipinski definition) is 2. The quantitative estimate of drug-likeness (QED) is 0.607. The highest BCUT2D eigenvalue weighted by atomic mass is 32.1. The van der Waals surface area contributed by atoms with Crippen LogP contribution in [0.2, 0.25) is 0 Å². The van der Waals surface area contributed by atoms with Crippen molar-refractivity contribution in [2.75, 3.05) is 31.5 Å². The second-order valence-corrected chi connectivity index (χ2v) is 8.83. The van der Waals surface area contributed by atoms with Gasteiger partial charge in [0.05, 0.1) is 6.04 Å². The van der Waals surface area contributed by atoms with E-state index in [1.165, 1.54) is 12.0 Å². The van der Waals surface area contributed by atoms with Crippen LogP contribution < -0.4 is 10.6 Å². The lowest BCUT2D eigenvalue weighted by Gasteiger charge is -2.33. The molecule has 31 heavy (non-hydrogen) atoms.